The molecule has 1 aromatic heterocycles. The Kier molecular flexibility index (Phi) is 4.73. The van der Waals surface area contributed by atoms with Crippen molar-refractivity contribution in [1.29, 1.82) is 0 Å². The molecule has 2 heterocycles. The molecule has 1 amide bonds. The second-order valence-electron chi connectivity index (χ2n) is 6.18. The predicted octanol–water partition coefficient (Wildman–Crippen LogP) is 3.94. The van der Waals surface area contributed by atoms with Gasteiger partial charge in [0, 0.05) is 35.1 Å². The Bertz CT molecular complexity index is 894. The van der Waals surface area contributed by atoms with Crippen LogP contribution in [0.3, 0.4) is 0 Å². The number of morpholine rings is 1. The molecule has 6 heteroatoms. The Morgan fingerprint density at radius 3 is 2.85 bits per heavy atom. The molecule has 0 saturated carbocycles. The lowest BCUT2D eigenvalue weighted by Gasteiger charge is -2.33. The van der Waals surface area contributed by atoms with Crippen LogP contribution in [0.1, 0.15) is 22.0 Å². The van der Waals surface area contributed by atoms with Gasteiger partial charge in [-0.1, -0.05) is 35.9 Å². The number of carbonyl (C=O) groups is 1. The zero-order chi connectivity index (χ0) is 17.9. The Labute approximate surface area is 156 Å². The molecule has 4 rings (SSSR count). The maximum Gasteiger partial charge on any atom is 0.254 e. The van der Waals surface area contributed by atoms with Gasteiger partial charge in [-0.25, -0.2) is 4.98 Å². The Hall–Kier alpha value is -2.63. The summed E-state index contributed by atoms with van der Waals surface area (Å²) in [7, 11) is 0. The average Bonchev–Trinajstić information content (AvgIpc) is 3.23. The van der Waals surface area contributed by atoms with Crippen molar-refractivity contribution in [2.45, 2.75) is 6.10 Å². The van der Waals surface area contributed by atoms with Gasteiger partial charge in [0.1, 0.15) is 11.9 Å². The zero-order valence-corrected chi connectivity index (χ0v) is 14.8. The van der Waals surface area contributed by atoms with Gasteiger partial charge in [-0.2, -0.15) is 0 Å². The van der Waals surface area contributed by atoms with Crippen LogP contribution in [0.5, 0.6) is 0 Å². The first-order valence-electron chi connectivity index (χ1n) is 8.47. The molecule has 0 spiro atoms. The number of H-pyrrole nitrogens is 1. The van der Waals surface area contributed by atoms with Gasteiger partial charge in [-0.15, -0.1) is 0 Å². The second-order valence-corrected chi connectivity index (χ2v) is 6.62. The second kappa shape index (κ2) is 7.32. The topological polar surface area (TPSA) is 58.2 Å². The molecule has 1 unspecified atom stereocenters. The highest BCUT2D eigenvalue weighted by Gasteiger charge is 2.26. The first-order valence-corrected chi connectivity index (χ1v) is 8.84. The number of rotatable bonds is 3. The zero-order valence-electron chi connectivity index (χ0n) is 14.1. The van der Waals surface area contributed by atoms with Crippen molar-refractivity contribution in [3.05, 3.63) is 77.1 Å². The minimum absolute atomic E-state index is 0.000620. The molecule has 1 atom stereocenters. The maximum atomic E-state index is 13.0. The van der Waals surface area contributed by atoms with E-state index in [-0.39, 0.29) is 12.0 Å². The van der Waals surface area contributed by atoms with Gasteiger partial charge in [0.25, 0.3) is 5.91 Å². The van der Waals surface area contributed by atoms with Crippen molar-refractivity contribution in [3.63, 3.8) is 0 Å². The largest absolute Gasteiger partial charge is 0.370 e. The van der Waals surface area contributed by atoms with Gasteiger partial charge >= 0.3 is 0 Å². The lowest BCUT2D eigenvalue weighted by molar-refractivity contribution is -0.0228. The molecule has 5 nitrogen and oxygen atoms in total. The Morgan fingerprint density at radius 1 is 1.23 bits per heavy atom. The number of ether oxygens (including phenoxy) is 1. The van der Waals surface area contributed by atoms with Crippen LogP contribution in [0.2, 0.25) is 5.02 Å². The minimum Gasteiger partial charge on any atom is -0.370 e. The smallest absolute Gasteiger partial charge is 0.254 e. The highest BCUT2D eigenvalue weighted by molar-refractivity contribution is 6.30. The number of carbonyl (C=O) groups excluding carboxylic acids is 1. The lowest BCUT2D eigenvalue weighted by Crippen LogP contribution is -2.42. The van der Waals surface area contributed by atoms with E-state index in [1.54, 1.807) is 12.4 Å². The highest BCUT2D eigenvalue weighted by atomic mass is 35.5. The third-order valence-electron chi connectivity index (χ3n) is 4.48. The van der Waals surface area contributed by atoms with E-state index in [0.717, 1.165) is 17.0 Å². The van der Waals surface area contributed by atoms with Gasteiger partial charge < -0.3 is 14.6 Å². The fraction of sp³-hybridized carbons (Fsp3) is 0.200. The molecule has 1 aliphatic rings. The van der Waals surface area contributed by atoms with E-state index in [2.05, 4.69) is 9.97 Å². The Balaban J connectivity index is 1.52. The molecule has 2 aromatic carbocycles. The van der Waals surface area contributed by atoms with E-state index in [9.17, 15) is 4.79 Å². The number of nitrogens with zero attached hydrogens (tertiary/aromatic N) is 2. The molecule has 1 aliphatic heterocycles. The van der Waals surface area contributed by atoms with Gasteiger partial charge in [-0.05, 0) is 29.8 Å². The molecule has 0 aliphatic carbocycles. The standard InChI is InChI=1S/C20H18ClN3O2/c21-17-6-4-14(5-7-17)18-13-24(10-11-26-18)20(25)16-3-1-2-15(12-16)19-22-8-9-23-19/h1-9,12,18H,10-11,13H2,(H,22,23). The van der Waals surface area contributed by atoms with Gasteiger partial charge in [0.2, 0.25) is 0 Å². The van der Waals surface area contributed by atoms with Crippen LogP contribution < -0.4 is 0 Å². The maximum absolute atomic E-state index is 13.0. The fourth-order valence-electron chi connectivity index (χ4n) is 3.12. The van der Waals surface area contributed by atoms with Crippen LogP contribution in [-0.4, -0.2) is 40.5 Å². The van der Waals surface area contributed by atoms with E-state index >= 15 is 0 Å². The molecular formula is C20H18ClN3O2. The SMILES string of the molecule is O=C(c1cccc(-c2ncc[nH]2)c1)N1CCOC(c2ccc(Cl)cc2)C1. The van der Waals surface area contributed by atoms with Crippen molar-refractivity contribution in [3.8, 4) is 11.4 Å². The number of hydrogen-bond donors (Lipinski definition) is 1. The van der Waals surface area contributed by atoms with Crippen molar-refractivity contribution < 1.29 is 9.53 Å². The third kappa shape index (κ3) is 3.49. The summed E-state index contributed by atoms with van der Waals surface area (Å²) in [5.74, 6) is 0.751. The van der Waals surface area contributed by atoms with Crippen LogP contribution in [0, 0.1) is 0 Å². The van der Waals surface area contributed by atoms with Crippen molar-refractivity contribution in [1.82, 2.24) is 14.9 Å². The third-order valence-corrected chi connectivity index (χ3v) is 4.73. The van der Waals surface area contributed by atoms with Crippen molar-refractivity contribution >= 4 is 17.5 Å². The number of nitrogens with one attached hydrogen (secondary N) is 1. The highest BCUT2D eigenvalue weighted by Crippen LogP contribution is 2.25. The molecular weight excluding hydrogens is 350 g/mol. The number of halogens is 1. The summed E-state index contributed by atoms with van der Waals surface area (Å²) in [6.45, 7) is 1.61. The first-order chi connectivity index (χ1) is 12.7. The summed E-state index contributed by atoms with van der Waals surface area (Å²) in [5, 5.41) is 0.687. The first kappa shape index (κ1) is 16.8. The molecule has 26 heavy (non-hydrogen) atoms. The van der Waals surface area contributed by atoms with Gasteiger partial charge in [0.15, 0.2) is 0 Å². The summed E-state index contributed by atoms with van der Waals surface area (Å²) >= 11 is 5.95. The summed E-state index contributed by atoms with van der Waals surface area (Å²) < 4.78 is 5.85. The molecule has 132 valence electrons. The molecule has 1 saturated heterocycles. The van der Waals surface area contributed by atoms with E-state index in [1.807, 2.05) is 53.4 Å². The van der Waals surface area contributed by atoms with E-state index in [1.165, 1.54) is 0 Å². The summed E-state index contributed by atoms with van der Waals surface area (Å²) in [6, 6.07) is 15.1. The number of aromatic amines is 1. The minimum atomic E-state index is -0.141. The Morgan fingerprint density at radius 2 is 2.08 bits per heavy atom. The van der Waals surface area contributed by atoms with Crippen molar-refractivity contribution in [2.75, 3.05) is 19.7 Å². The number of amides is 1. The van der Waals surface area contributed by atoms with Crippen LogP contribution in [-0.2, 0) is 4.74 Å². The van der Waals surface area contributed by atoms with E-state index < -0.39 is 0 Å². The van der Waals surface area contributed by atoms with Crippen LogP contribution >= 0.6 is 11.6 Å². The van der Waals surface area contributed by atoms with Gasteiger partial charge in [-0.3, -0.25) is 4.79 Å². The van der Waals surface area contributed by atoms with Crippen molar-refractivity contribution in [2.24, 2.45) is 0 Å². The quantitative estimate of drug-likeness (QED) is 0.762. The average molecular weight is 368 g/mol. The summed E-state index contributed by atoms with van der Waals surface area (Å²) in [6.07, 6.45) is 3.32. The summed E-state index contributed by atoms with van der Waals surface area (Å²) in [5.41, 5.74) is 2.57. The van der Waals surface area contributed by atoms with Crippen LogP contribution in [0.25, 0.3) is 11.4 Å². The van der Waals surface area contributed by atoms with E-state index in [0.29, 0.717) is 30.3 Å². The number of hydrogen-bond acceptors (Lipinski definition) is 3. The molecule has 0 radical (unpaired) electrons. The van der Waals surface area contributed by atoms with Crippen LogP contribution in [0.4, 0.5) is 0 Å². The predicted molar refractivity (Wildman–Crippen MR) is 100 cm³/mol. The number of benzene rings is 2. The monoisotopic (exact) mass is 367 g/mol. The fourth-order valence-corrected chi connectivity index (χ4v) is 3.24. The molecule has 0 bridgehead atoms. The van der Waals surface area contributed by atoms with E-state index in [4.69, 9.17) is 16.3 Å². The van der Waals surface area contributed by atoms with Gasteiger partial charge in [0.05, 0.1) is 13.2 Å². The molecule has 1 N–H and O–H groups in total. The summed E-state index contributed by atoms with van der Waals surface area (Å²) in [4.78, 5) is 22.1. The normalized spacial score (nSPS) is 17.3. The lowest BCUT2D eigenvalue weighted by atomic mass is 10.1. The number of aromatic nitrogens is 2. The molecule has 3 aromatic rings. The number of imidazole rings is 1. The van der Waals surface area contributed by atoms with Crippen LogP contribution in [0.15, 0.2) is 60.9 Å². The molecule has 1 fully saturated rings.